The molecule has 25 heavy (non-hydrogen) atoms. The largest absolute Gasteiger partial charge is 0.478 e. The van der Waals surface area contributed by atoms with Crippen LogP contribution in [0, 0.1) is 0 Å². The number of aliphatic hydroxyl groups is 4. The highest BCUT2D eigenvalue weighted by Crippen LogP contribution is 1.76. The minimum atomic E-state index is -0.981. The minimum Gasteiger partial charge on any atom is -0.478 e. The molecule has 0 radical (unpaired) electrons. The third-order valence-corrected chi connectivity index (χ3v) is 1.46. The van der Waals surface area contributed by atoms with E-state index in [0.717, 1.165) is 12.2 Å². The number of aliphatic carboxylic acids is 2. The van der Waals surface area contributed by atoms with Crippen LogP contribution in [0.15, 0.2) is 25.3 Å². The molecule has 0 saturated carbocycles. The standard InChI is InChI=1S/C6H14O4.C3H8O2.2C3H4O2/c7-1-3-9-5-6-10-4-2-8;1-3(5)2-4;2*1-2-3(4)5/h7-8H,1-6H2;3-5H,2H2,1H3;2*2H,1H2,(H,4,5). The summed E-state index contributed by atoms with van der Waals surface area (Å²) in [4.78, 5) is 18.5. The van der Waals surface area contributed by atoms with Crippen molar-refractivity contribution in [1.82, 2.24) is 0 Å². The highest BCUT2D eigenvalue weighted by atomic mass is 16.5. The molecule has 0 aromatic carbocycles. The zero-order chi connectivity index (χ0) is 20.5. The van der Waals surface area contributed by atoms with Crippen LogP contribution in [0.5, 0.6) is 0 Å². The summed E-state index contributed by atoms with van der Waals surface area (Å²) < 4.78 is 9.75. The van der Waals surface area contributed by atoms with Gasteiger partial charge in [-0.2, -0.15) is 0 Å². The summed E-state index contributed by atoms with van der Waals surface area (Å²) in [6.07, 6.45) is 1.11. The molecule has 0 aromatic rings. The number of carboxylic acids is 2. The van der Waals surface area contributed by atoms with E-state index < -0.39 is 18.0 Å². The average Bonchev–Trinajstić information content (AvgIpc) is 2.59. The Hall–Kier alpha value is -1.82. The molecule has 0 bridgehead atoms. The van der Waals surface area contributed by atoms with Gasteiger partial charge in [-0.25, -0.2) is 9.59 Å². The molecule has 10 nitrogen and oxygen atoms in total. The van der Waals surface area contributed by atoms with Gasteiger partial charge in [0, 0.05) is 12.2 Å². The number of hydrogen-bond acceptors (Lipinski definition) is 8. The first-order valence-electron chi connectivity index (χ1n) is 7.10. The van der Waals surface area contributed by atoms with Gasteiger partial charge in [0.05, 0.1) is 52.4 Å². The van der Waals surface area contributed by atoms with E-state index in [4.69, 9.17) is 40.1 Å². The second kappa shape index (κ2) is 30.1. The Morgan fingerprint density at radius 1 is 0.880 bits per heavy atom. The number of carbonyl (C=O) groups is 2. The Balaban J connectivity index is -0.000000126. The summed E-state index contributed by atoms with van der Waals surface area (Å²) in [5, 5.41) is 47.7. The predicted octanol–water partition coefficient (Wildman–Crippen LogP) is -1.12. The first kappa shape index (κ1) is 31.0. The Morgan fingerprint density at radius 3 is 1.24 bits per heavy atom. The molecule has 150 valence electrons. The zero-order valence-electron chi connectivity index (χ0n) is 14.4. The number of hydrogen-bond donors (Lipinski definition) is 6. The summed E-state index contributed by atoms with van der Waals surface area (Å²) in [6, 6.07) is 0. The van der Waals surface area contributed by atoms with Crippen LogP contribution in [0.2, 0.25) is 0 Å². The van der Waals surface area contributed by atoms with Crippen LogP contribution in [0.25, 0.3) is 0 Å². The predicted molar refractivity (Wildman–Crippen MR) is 90.2 cm³/mol. The fourth-order valence-corrected chi connectivity index (χ4v) is 0.451. The van der Waals surface area contributed by atoms with Gasteiger partial charge in [-0.15, -0.1) is 0 Å². The van der Waals surface area contributed by atoms with Crippen LogP contribution >= 0.6 is 0 Å². The molecule has 0 heterocycles. The van der Waals surface area contributed by atoms with Gasteiger partial charge in [0.1, 0.15) is 0 Å². The van der Waals surface area contributed by atoms with Crippen molar-refractivity contribution >= 4 is 11.9 Å². The molecule has 1 atom stereocenters. The highest BCUT2D eigenvalue weighted by molar-refractivity contribution is 5.79. The van der Waals surface area contributed by atoms with Crippen molar-refractivity contribution in [2.75, 3.05) is 46.2 Å². The lowest BCUT2D eigenvalue weighted by Crippen LogP contribution is -2.09. The summed E-state index contributed by atoms with van der Waals surface area (Å²) in [5.41, 5.74) is 0. The summed E-state index contributed by atoms with van der Waals surface area (Å²) >= 11 is 0. The van der Waals surface area contributed by atoms with E-state index >= 15 is 0 Å². The number of ether oxygens (including phenoxy) is 2. The maximum absolute atomic E-state index is 9.25. The van der Waals surface area contributed by atoms with E-state index in [2.05, 4.69) is 13.2 Å². The molecule has 0 aliphatic heterocycles. The molecule has 0 fully saturated rings. The van der Waals surface area contributed by atoms with E-state index in [1.54, 1.807) is 0 Å². The Bertz CT molecular complexity index is 279. The van der Waals surface area contributed by atoms with Gasteiger partial charge >= 0.3 is 11.9 Å². The van der Waals surface area contributed by atoms with Gasteiger partial charge in [-0.1, -0.05) is 13.2 Å². The van der Waals surface area contributed by atoms with Crippen molar-refractivity contribution in [2.24, 2.45) is 0 Å². The van der Waals surface area contributed by atoms with Crippen LogP contribution < -0.4 is 0 Å². The van der Waals surface area contributed by atoms with Gasteiger partial charge < -0.3 is 40.1 Å². The summed E-state index contributed by atoms with van der Waals surface area (Å²) in [7, 11) is 0. The third kappa shape index (κ3) is 72.3. The maximum atomic E-state index is 9.25. The van der Waals surface area contributed by atoms with Crippen molar-refractivity contribution in [3.63, 3.8) is 0 Å². The molecule has 0 rings (SSSR count). The van der Waals surface area contributed by atoms with Crippen molar-refractivity contribution in [2.45, 2.75) is 13.0 Å². The highest BCUT2D eigenvalue weighted by Gasteiger charge is 1.86. The first-order chi connectivity index (χ1) is 11.7. The van der Waals surface area contributed by atoms with Gasteiger partial charge in [-0.3, -0.25) is 0 Å². The zero-order valence-corrected chi connectivity index (χ0v) is 14.4. The fourth-order valence-electron chi connectivity index (χ4n) is 0.451. The molecular weight excluding hydrogens is 340 g/mol. The number of aliphatic hydroxyl groups excluding tert-OH is 4. The van der Waals surface area contributed by atoms with Crippen LogP contribution in [0.1, 0.15) is 6.92 Å². The quantitative estimate of drug-likeness (QED) is 0.204. The molecule has 0 aliphatic carbocycles. The molecule has 6 N–H and O–H groups in total. The molecule has 1 unspecified atom stereocenters. The van der Waals surface area contributed by atoms with E-state index in [1.807, 2.05) is 0 Å². The smallest absolute Gasteiger partial charge is 0.327 e. The number of rotatable bonds is 10. The Kier molecular flexibility index (Phi) is 37.3. The monoisotopic (exact) mass is 370 g/mol. The fraction of sp³-hybridized carbons (Fsp3) is 0.600. The minimum absolute atomic E-state index is 0.0417. The second-order valence-corrected chi connectivity index (χ2v) is 3.79. The van der Waals surface area contributed by atoms with Crippen LogP contribution in [-0.4, -0.2) is 94.9 Å². The van der Waals surface area contributed by atoms with Crippen molar-refractivity contribution in [3.8, 4) is 0 Å². The Morgan fingerprint density at radius 2 is 1.12 bits per heavy atom. The normalized spacial score (nSPS) is 9.64. The first-order valence-corrected chi connectivity index (χ1v) is 7.10. The van der Waals surface area contributed by atoms with E-state index in [1.165, 1.54) is 6.92 Å². The van der Waals surface area contributed by atoms with E-state index in [-0.39, 0.29) is 19.8 Å². The number of carboxylic acid groups (broad SMARTS) is 2. The molecule has 0 spiro atoms. The molecule has 0 amide bonds. The summed E-state index contributed by atoms with van der Waals surface area (Å²) in [5.74, 6) is -1.96. The van der Waals surface area contributed by atoms with Crippen LogP contribution in [0.4, 0.5) is 0 Å². The Labute approximate surface area is 147 Å². The second-order valence-electron chi connectivity index (χ2n) is 3.79. The molecule has 0 aromatic heterocycles. The molecule has 10 heteroatoms. The summed E-state index contributed by atoms with van der Waals surface area (Å²) in [6.45, 7) is 9.04. The van der Waals surface area contributed by atoms with Crippen molar-refractivity contribution in [1.29, 1.82) is 0 Å². The maximum Gasteiger partial charge on any atom is 0.327 e. The van der Waals surface area contributed by atoms with Crippen LogP contribution in [-0.2, 0) is 19.1 Å². The molecule has 0 saturated heterocycles. The van der Waals surface area contributed by atoms with Gasteiger partial charge in [-0.05, 0) is 6.92 Å². The van der Waals surface area contributed by atoms with Gasteiger partial charge in [0.25, 0.3) is 0 Å². The van der Waals surface area contributed by atoms with E-state index in [0.29, 0.717) is 26.4 Å². The topological polar surface area (TPSA) is 174 Å². The lowest BCUT2D eigenvalue weighted by molar-refractivity contribution is -0.132. The molecular formula is C15H30O10. The van der Waals surface area contributed by atoms with Crippen molar-refractivity contribution < 1.29 is 49.7 Å². The SMILES string of the molecule is C=CC(=O)O.C=CC(=O)O.CC(O)CO.OCCOCCOCCO. The van der Waals surface area contributed by atoms with Gasteiger partial charge in [0.2, 0.25) is 0 Å². The lowest BCUT2D eigenvalue weighted by atomic mass is 10.5. The van der Waals surface area contributed by atoms with E-state index in [9.17, 15) is 9.59 Å². The average molecular weight is 370 g/mol. The lowest BCUT2D eigenvalue weighted by Gasteiger charge is -2.01. The molecule has 0 aliphatic rings. The van der Waals surface area contributed by atoms with Gasteiger partial charge in [0.15, 0.2) is 0 Å². The third-order valence-electron chi connectivity index (χ3n) is 1.46. The van der Waals surface area contributed by atoms with Crippen molar-refractivity contribution in [3.05, 3.63) is 25.3 Å². The van der Waals surface area contributed by atoms with Crippen LogP contribution in [0.3, 0.4) is 0 Å².